The summed E-state index contributed by atoms with van der Waals surface area (Å²) in [5, 5.41) is 9.31. The fraction of sp³-hybridized carbons (Fsp3) is 0.300. The molecule has 0 saturated carbocycles. The van der Waals surface area contributed by atoms with E-state index in [0.29, 0.717) is 12.2 Å². The van der Waals surface area contributed by atoms with Crippen LogP contribution in [0.25, 0.3) is 0 Å². The Hall–Kier alpha value is -1.71. The second-order valence-corrected chi connectivity index (χ2v) is 3.14. The first-order valence-electron chi connectivity index (χ1n) is 4.27. The lowest BCUT2D eigenvalue weighted by atomic mass is 10.1. The van der Waals surface area contributed by atoms with Crippen LogP contribution in [-0.2, 0) is 16.0 Å². The molecular weight excluding hydrogens is 184 g/mol. The molecule has 1 fully saturated rings. The molecule has 0 radical (unpaired) electrons. The molecule has 0 spiro atoms. The lowest BCUT2D eigenvalue weighted by Crippen LogP contribution is -1.95. The number of carbonyl (C=O) groups is 1. The summed E-state index contributed by atoms with van der Waals surface area (Å²) < 4.78 is 9.62. The number of methoxy groups -OCH3 is 1. The van der Waals surface area contributed by atoms with Crippen LogP contribution in [0, 0.1) is 0 Å². The minimum absolute atomic E-state index is 0.0966. The van der Waals surface area contributed by atoms with Gasteiger partial charge in [0.05, 0.1) is 7.11 Å². The minimum atomic E-state index is -0.302. The highest BCUT2D eigenvalue weighted by atomic mass is 16.6. The second-order valence-electron chi connectivity index (χ2n) is 3.14. The molecule has 14 heavy (non-hydrogen) atoms. The van der Waals surface area contributed by atoms with Gasteiger partial charge in [-0.3, -0.25) is 0 Å². The van der Waals surface area contributed by atoms with E-state index in [2.05, 4.69) is 4.74 Å². The first kappa shape index (κ1) is 8.87. The number of hydrogen-bond donors (Lipinski definition) is 1. The van der Waals surface area contributed by atoms with Gasteiger partial charge in [0, 0.05) is 6.42 Å². The summed E-state index contributed by atoms with van der Waals surface area (Å²) in [4.78, 5) is 10.6. The number of aromatic hydroxyl groups is 1. The van der Waals surface area contributed by atoms with Crippen LogP contribution in [0.3, 0.4) is 0 Å². The normalized spacial score (nSPS) is 18.9. The van der Waals surface area contributed by atoms with Crippen molar-refractivity contribution in [2.45, 2.75) is 12.5 Å². The van der Waals surface area contributed by atoms with E-state index in [1.165, 1.54) is 7.11 Å². The van der Waals surface area contributed by atoms with E-state index in [-0.39, 0.29) is 17.8 Å². The maximum atomic E-state index is 10.6. The van der Waals surface area contributed by atoms with E-state index in [9.17, 15) is 9.90 Å². The summed E-state index contributed by atoms with van der Waals surface area (Å²) in [6.45, 7) is 0. The Morgan fingerprint density at radius 2 is 2.29 bits per heavy atom. The molecule has 0 aliphatic carbocycles. The lowest BCUT2D eigenvalue weighted by molar-refractivity contribution is -0.117. The number of benzene rings is 1. The van der Waals surface area contributed by atoms with Crippen molar-refractivity contribution >= 4 is 5.97 Å². The van der Waals surface area contributed by atoms with Crippen LogP contribution in [0.15, 0.2) is 18.2 Å². The topological polar surface area (TPSA) is 59.1 Å². The number of cyclic esters (lactones) is 1. The van der Waals surface area contributed by atoms with Crippen LogP contribution >= 0.6 is 0 Å². The van der Waals surface area contributed by atoms with Gasteiger partial charge >= 0.3 is 5.97 Å². The molecule has 2 rings (SSSR count). The Kier molecular flexibility index (Phi) is 2.04. The largest absolute Gasteiger partial charge is 0.504 e. The Morgan fingerprint density at radius 1 is 1.57 bits per heavy atom. The molecular formula is C10H10O4. The molecule has 0 amide bonds. The molecule has 0 aromatic heterocycles. The van der Waals surface area contributed by atoms with Crippen molar-refractivity contribution in [3.8, 4) is 11.5 Å². The molecule has 1 aliphatic rings. The average molecular weight is 194 g/mol. The van der Waals surface area contributed by atoms with Gasteiger partial charge in [-0.1, -0.05) is 6.07 Å². The summed E-state index contributed by atoms with van der Waals surface area (Å²) in [5.74, 6) is 0.340. The van der Waals surface area contributed by atoms with Gasteiger partial charge in [0.2, 0.25) is 6.10 Å². The summed E-state index contributed by atoms with van der Waals surface area (Å²) in [7, 11) is 1.48. The molecule has 1 heterocycles. The summed E-state index contributed by atoms with van der Waals surface area (Å²) >= 11 is 0. The first-order chi connectivity index (χ1) is 6.70. The molecule has 1 unspecified atom stereocenters. The third-order valence-corrected chi connectivity index (χ3v) is 2.13. The average Bonchev–Trinajstić information content (AvgIpc) is 2.85. The molecule has 1 aromatic carbocycles. The third kappa shape index (κ3) is 1.64. The van der Waals surface area contributed by atoms with Gasteiger partial charge in [0.1, 0.15) is 0 Å². The number of carbonyl (C=O) groups excluding carboxylic acids is 1. The maximum absolute atomic E-state index is 10.6. The lowest BCUT2D eigenvalue weighted by Gasteiger charge is -2.04. The maximum Gasteiger partial charge on any atom is 0.348 e. The van der Waals surface area contributed by atoms with E-state index in [0.717, 1.165) is 5.56 Å². The van der Waals surface area contributed by atoms with Crippen molar-refractivity contribution < 1.29 is 19.4 Å². The highest BCUT2D eigenvalue weighted by Gasteiger charge is 2.37. The van der Waals surface area contributed by atoms with Crippen LogP contribution in [0.5, 0.6) is 11.5 Å². The zero-order valence-electron chi connectivity index (χ0n) is 7.69. The number of hydrogen-bond acceptors (Lipinski definition) is 4. The van der Waals surface area contributed by atoms with Crippen LogP contribution in [0.1, 0.15) is 5.56 Å². The number of phenols is 1. The van der Waals surface area contributed by atoms with Gasteiger partial charge in [-0.25, -0.2) is 4.79 Å². The zero-order valence-corrected chi connectivity index (χ0v) is 7.69. The van der Waals surface area contributed by atoms with Crippen molar-refractivity contribution in [1.29, 1.82) is 0 Å². The molecule has 1 atom stereocenters. The number of ether oxygens (including phenoxy) is 2. The standard InChI is InChI=1S/C10H10O4/c1-13-8-4-6(2-3-7(8)11)5-9-10(12)14-9/h2-4,9,11H,5H2,1H3. The summed E-state index contributed by atoms with van der Waals surface area (Å²) in [6.07, 6.45) is 0.236. The Bertz CT molecular complexity index is 372. The monoisotopic (exact) mass is 194 g/mol. The van der Waals surface area contributed by atoms with Gasteiger partial charge in [-0.05, 0) is 17.7 Å². The quantitative estimate of drug-likeness (QED) is 0.725. The van der Waals surface area contributed by atoms with Crippen molar-refractivity contribution in [3.63, 3.8) is 0 Å². The Morgan fingerprint density at radius 3 is 2.86 bits per heavy atom. The van der Waals surface area contributed by atoms with Gasteiger partial charge in [-0.15, -0.1) is 0 Å². The van der Waals surface area contributed by atoms with Crippen LogP contribution in [-0.4, -0.2) is 24.3 Å². The van der Waals surface area contributed by atoms with Crippen molar-refractivity contribution in [2.75, 3.05) is 7.11 Å². The van der Waals surface area contributed by atoms with Gasteiger partial charge < -0.3 is 14.6 Å². The summed E-state index contributed by atoms with van der Waals surface area (Å²) in [6, 6.07) is 4.98. The first-order valence-corrected chi connectivity index (χ1v) is 4.27. The highest BCUT2D eigenvalue weighted by Crippen LogP contribution is 2.28. The fourth-order valence-electron chi connectivity index (χ4n) is 1.29. The second kappa shape index (κ2) is 3.21. The summed E-state index contributed by atoms with van der Waals surface area (Å²) in [5.41, 5.74) is 0.913. The van der Waals surface area contributed by atoms with Crippen LogP contribution in [0.2, 0.25) is 0 Å². The SMILES string of the molecule is COc1cc(CC2OC2=O)ccc1O. The number of epoxide rings is 1. The smallest absolute Gasteiger partial charge is 0.348 e. The van der Waals surface area contributed by atoms with Gasteiger partial charge in [0.15, 0.2) is 11.5 Å². The predicted molar refractivity (Wildman–Crippen MR) is 48.2 cm³/mol. The van der Waals surface area contributed by atoms with E-state index < -0.39 is 0 Å². The van der Waals surface area contributed by atoms with Crippen molar-refractivity contribution in [1.82, 2.24) is 0 Å². The molecule has 1 saturated heterocycles. The zero-order chi connectivity index (χ0) is 10.1. The van der Waals surface area contributed by atoms with Gasteiger partial charge in [-0.2, -0.15) is 0 Å². The molecule has 74 valence electrons. The van der Waals surface area contributed by atoms with E-state index in [1.54, 1.807) is 18.2 Å². The molecule has 0 bridgehead atoms. The molecule has 1 N–H and O–H groups in total. The Labute approximate surface area is 81.1 Å². The Balaban J connectivity index is 2.14. The molecule has 4 heteroatoms. The van der Waals surface area contributed by atoms with Gasteiger partial charge in [0.25, 0.3) is 0 Å². The van der Waals surface area contributed by atoms with E-state index in [1.807, 2.05) is 0 Å². The highest BCUT2D eigenvalue weighted by molar-refractivity contribution is 5.87. The van der Waals surface area contributed by atoms with E-state index >= 15 is 0 Å². The van der Waals surface area contributed by atoms with Crippen molar-refractivity contribution in [2.24, 2.45) is 0 Å². The van der Waals surface area contributed by atoms with E-state index in [4.69, 9.17) is 4.74 Å². The van der Waals surface area contributed by atoms with Crippen LogP contribution in [0.4, 0.5) is 0 Å². The van der Waals surface area contributed by atoms with Crippen molar-refractivity contribution in [3.05, 3.63) is 23.8 Å². The third-order valence-electron chi connectivity index (χ3n) is 2.13. The molecule has 1 aliphatic heterocycles. The van der Waals surface area contributed by atoms with Crippen LogP contribution < -0.4 is 4.74 Å². The number of phenolic OH excluding ortho intramolecular Hbond substituents is 1. The molecule has 4 nitrogen and oxygen atoms in total. The number of rotatable bonds is 3. The predicted octanol–water partition coefficient (Wildman–Crippen LogP) is 0.869. The molecule has 1 aromatic rings. The fourth-order valence-corrected chi connectivity index (χ4v) is 1.29. The minimum Gasteiger partial charge on any atom is -0.504 e.